The summed E-state index contributed by atoms with van der Waals surface area (Å²) in [6.07, 6.45) is 3.28. The Labute approximate surface area is 115 Å². The molecule has 1 aliphatic heterocycles. The number of carbonyl (C=O) groups is 1. The summed E-state index contributed by atoms with van der Waals surface area (Å²) < 4.78 is 6.21. The molecule has 0 fully saturated rings. The molecule has 1 heterocycles. The third-order valence-corrected chi connectivity index (χ3v) is 4.14. The number of benzene rings is 1. The van der Waals surface area contributed by atoms with E-state index in [-0.39, 0.29) is 17.6 Å². The molecule has 3 heteroatoms. The van der Waals surface area contributed by atoms with Gasteiger partial charge in [-0.05, 0) is 18.9 Å². The zero-order chi connectivity index (χ0) is 13.9. The predicted molar refractivity (Wildman–Crippen MR) is 76.2 cm³/mol. The van der Waals surface area contributed by atoms with Gasteiger partial charge in [-0.1, -0.05) is 39.0 Å². The van der Waals surface area contributed by atoms with E-state index in [0.717, 1.165) is 30.6 Å². The van der Waals surface area contributed by atoms with Crippen molar-refractivity contribution in [2.75, 3.05) is 0 Å². The smallest absolute Gasteiger partial charge is 0.220 e. The molecule has 1 N–H and O–H groups in total. The van der Waals surface area contributed by atoms with Crippen LogP contribution in [0, 0.1) is 0 Å². The maximum atomic E-state index is 11.7. The van der Waals surface area contributed by atoms with Crippen LogP contribution in [0.25, 0.3) is 0 Å². The van der Waals surface area contributed by atoms with Crippen LogP contribution < -0.4 is 10.1 Å². The van der Waals surface area contributed by atoms with Gasteiger partial charge >= 0.3 is 0 Å². The van der Waals surface area contributed by atoms with Crippen LogP contribution in [0.4, 0.5) is 0 Å². The van der Waals surface area contributed by atoms with Gasteiger partial charge < -0.3 is 10.1 Å². The van der Waals surface area contributed by atoms with Gasteiger partial charge in [-0.15, -0.1) is 0 Å². The first kappa shape index (κ1) is 13.9. The summed E-state index contributed by atoms with van der Waals surface area (Å²) in [5, 5.41) is 3.13. The number of para-hydroxylation sites is 1. The Balaban J connectivity index is 2.33. The largest absolute Gasteiger partial charge is 0.487 e. The first-order chi connectivity index (χ1) is 9.14. The van der Waals surface area contributed by atoms with E-state index in [1.165, 1.54) is 0 Å². The average molecular weight is 261 g/mol. The van der Waals surface area contributed by atoms with Crippen LogP contribution in [0.1, 0.15) is 58.1 Å². The molecule has 0 aliphatic carbocycles. The van der Waals surface area contributed by atoms with Gasteiger partial charge in [0, 0.05) is 18.4 Å². The standard InChI is InChI=1S/C16H23NO2/c1-4-15(18)17-13-11-16(5-2,6-3)19-14-10-8-7-9-12(13)14/h7-10,13H,4-6,11H2,1-3H3,(H,17,18). The number of hydrogen-bond acceptors (Lipinski definition) is 2. The molecule has 1 aromatic carbocycles. The van der Waals surface area contributed by atoms with Crippen LogP contribution in [0.5, 0.6) is 5.75 Å². The van der Waals surface area contributed by atoms with Gasteiger partial charge in [0.15, 0.2) is 0 Å². The molecule has 1 unspecified atom stereocenters. The molecule has 0 bridgehead atoms. The monoisotopic (exact) mass is 261 g/mol. The third kappa shape index (κ3) is 2.75. The van der Waals surface area contributed by atoms with Crippen molar-refractivity contribution in [1.29, 1.82) is 0 Å². The second-order valence-electron chi connectivity index (χ2n) is 5.21. The molecule has 0 saturated carbocycles. The highest BCUT2D eigenvalue weighted by Crippen LogP contribution is 2.42. The molecule has 1 aliphatic rings. The SMILES string of the molecule is CCC(=O)NC1CC(CC)(CC)Oc2ccccc21. The second-order valence-corrected chi connectivity index (χ2v) is 5.21. The van der Waals surface area contributed by atoms with E-state index < -0.39 is 0 Å². The summed E-state index contributed by atoms with van der Waals surface area (Å²) in [5.41, 5.74) is 0.946. The molecular weight excluding hydrogens is 238 g/mol. The van der Waals surface area contributed by atoms with Crippen molar-refractivity contribution in [1.82, 2.24) is 5.32 Å². The minimum absolute atomic E-state index is 0.0669. The van der Waals surface area contributed by atoms with E-state index in [9.17, 15) is 4.79 Å². The van der Waals surface area contributed by atoms with E-state index in [4.69, 9.17) is 4.74 Å². The van der Waals surface area contributed by atoms with Crippen LogP contribution in [0.2, 0.25) is 0 Å². The molecule has 0 saturated heterocycles. The zero-order valence-electron chi connectivity index (χ0n) is 12.0. The number of fused-ring (bicyclic) bond motifs is 1. The van der Waals surface area contributed by atoms with Crippen molar-refractivity contribution in [2.24, 2.45) is 0 Å². The van der Waals surface area contributed by atoms with Crippen molar-refractivity contribution < 1.29 is 9.53 Å². The lowest BCUT2D eigenvalue weighted by Crippen LogP contribution is -2.44. The molecule has 104 valence electrons. The van der Waals surface area contributed by atoms with E-state index >= 15 is 0 Å². The van der Waals surface area contributed by atoms with Gasteiger partial charge in [-0.3, -0.25) is 4.79 Å². The van der Waals surface area contributed by atoms with Gasteiger partial charge in [-0.25, -0.2) is 0 Å². The van der Waals surface area contributed by atoms with Crippen molar-refractivity contribution >= 4 is 5.91 Å². The molecule has 0 radical (unpaired) electrons. The minimum atomic E-state index is -0.153. The summed E-state index contributed by atoms with van der Waals surface area (Å²) in [5.74, 6) is 1.02. The Hall–Kier alpha value is -1.51. The first-order valence-corrected chi connectivity index (χ1v) is 7.21. The lowest BCUT2D eigenvalue weighted by atomic mass is 9.83. The number of rotatable bonds is 4. The van der Waals surface area contributed by atoms with Gasteiger partial charge in [0.2, 0.25) is 5.91 Å². The molecular formula is C16H23NO2. The van der Waals surface area contributed by atoms with Gasteiger partial charge in [0.05, 0.1) is 6.04 Å². The Kier molecular flexibility index (Phi) is 4.13. The molecule has 1 amide bonds. The molecule has 2 rings (SSSR count). The lowest BCUT2D eigenvalue weighted by Gasteiger charge is -2.41. The third-order valence-electron chi connectivity index (χ3n) is 4.14. The van der Waals surface area contributed by atoms with Crippen LogP contribution in [-0.4, -0.2) is 11.5 Å². The maximum absolute atomic E-state index is 11.7. The molecule has 3 nitrogen and oxygen atoms in total. The summed E-state index contributed by atoms with van der Waals surface area (Å²) in [6.45, 7) is 6.18. The fourth-order valence-corrected chi connectivity index (χ4v) is 2.73. The van der Waals surface area contributed by atoms with Crippen molar-refractivity contribution in [2.45, 2.75) is 58.1 Å². The number of hydrogen-bond donors (Lipinski definition) is 1. The van der Waals surface area contributed by atoms with E-state index in [1.54, 1.807) is 0 Å². The number of ether oxygens (including phenoxy) is 1. The van der Waals surface area contributed by atoms with Crippen molar-refractivity contribution in [3.8, 4) is 5.75 Å². The summed E-state index contributed by atoms with van der Waals surface area (Å²) in [6, 6.07) is 8.10. The fraction of sp³-hybridized carbons (Fsp3) is 0.562. The second kappa shape index (κ2) is 5.64. The van der Waals surface area contributed by atoms with Gasteiger partial charge in [0.25, 0.3) is 0 Å². The van der Waals surface area contributed by atoms with Crippen molar-refractivity contribution in [3.05, 3.63) is 29.8 Å². The topological polar surface area (TPSA) is 38.3 Å². The highest BCUT2D eigenvalue weighted by molar-refractivity contribution is 5.76. The summed E-state index contributed by atoms with van der Waals surface area (Å²) in [7, 11) is 0. The Morgan fingerprint density at radius 3 is 2.63 bits per heavy atom. The molecule has 1 atom stereocenters. The fourth-order valence-electron chi connectivity index (χ4n) is 2.73. The van der Waals surface area contributed by atoms with E-state index in [1.807, 2.05) is 31.2 Å². The number of amides is 1. The molecule has 19 heavy (non-hydrogen) atoms. The number of carbonyl (C=O) groups excluding carboxylic acids is 1. The summed E-state index contributed by atoms with van der Waals surface area (Å²) in [4.78, 5) is 11.7. The van der Waals surface area contributed by atoms with Crippen LogP contribution >= 0.6 is 0 Å². The Morgan fingerprint density at radius 1 is 1.32 bits per heavy atom. The van der Waals surface area contributed by atoms with Crippen LogP contribution in [0.15, 0.2) is 24.3 Å². The highest BCUT2D eigenvalue weighted by Gasteiger charge is 2.38. The first-order valence-electron chi connectivity index (χ1n) is 7.21. The number of nitrogens with one attached hydrogen (secondary N) is 1. The van der Waals surface area contributed by atoms with Crippen molar-refractivity contribution in [3.63, 3.8) is 0 Å². The Bertz CT molecular complexity index is 452. The average Bonchev–Trinajstić information content (AvgIpc) is 2.46. The molecule has 0 aromatic heterocycles. The minimum Gasteiger partial charge on any atom is -0.487 e. The van der Waals surface area contributed by atoms with E-state index in [0.29, 0.717) is 6.42 Å². The maximum Gasteiger partial charge on any atom is 0.220 e. The summed E-state index contributed by atoms with van der Waals surface area (Å²) >= 11 is 0. The van der Waals surface area contributed by atoms with Crippen LogP contribution in [-0.2, 0) is 4.79 Å². The van der Waals surface area contributed by atoms with Gasteiger partial charge in [-0.2, -0.15) is 0 Å². The molecule has 1 aromatic rings. The lowest BCUT2D eigenvalue weighted by molar-refractivity contribution is -0.122. The zero-order valence-corrected chi connectivity index (χ0v) is 12.0. The predicted octanol–water partition coefficient (Wildman–Crippen LogP) is 3.60. The Morgan fingerprint density at radius 2 is 2.00 bits per heavy atom. The van der Waals surface area contributed by atoms with Crippen LogP contribution in [0.3, 0.4) is 0 Å². The molecule has 0 spiro atoms. The quantitative estimate of drug-likeness (QED) is 0.899. The van der Waals surface area contributed by atoms with Gasteiger partial charge in [0.1, 0.15) is 11.4 Å². The normalized spacial score (nSPS) is 20.3. The highest BCUT2D eigenvalue weighted by atomic mass is 16.5. The van der Waals surface area contributed by atoms with E-state index in [2.05, 4.69) is 19.2 Å².